The highest BCUT2D eigenvalue weighted by molar-refractivity contribution is 6.45. The van der Waals surface area contributed by atoms with E-state index >= 15 is 0 Å². The highest BCUT2D eigenvalue weighted by Crippen LogP contribution is 2.24. The summed E-state index contributed by atoms with van der Waals surface area (Å²) in [5.74, 6) is -2.05. The van der Waals surface area contributed by atoms with Gasteiger partial charge in [-0.1, -0.05) is 31.2 Å². The maximum absolute atomic E-state index is 14.2. The summed E-state index contributed by atoms with van der Waals surface area (Å²) in [6, 6.07) is 13.2. The van der Waals surface area contributed by atoms with Gasteiger partial charge in [0.25, 0.3) is 17.6 Å². The van der Waals surface area contributed by atoms with Crippen molar-refractivity contribution < 1.29 is 18.8 Å². The number of Topliss-reactive ketones (excluding diaryl/α,β-unsaturated/α-hetero) is 1. The Morgan fingerprint density at radius 3 is 2.57 bits per heavy atom. The number of nitrogens with zero attached hydrogens (tertiary/aromatic N) is 2. The summed E-state index contributed by atoms with van der Waals surface area (Å²) in [6.07, 6.45) is 1.98. The fraction of sp³-hybridized carbons (Fsp3) is 0.261. The van der Waals surface area contributed by atoms with E-state index in [-0.39, 0.29) is 29.4 Å². The molecule has 0 bridgehead atoms. The molecule has 0 saturated carbocycles. The number of H-pyrrole nitrogens is 1. The number of carbonyl (C=O) groups is 3. The van der Waals surface area contributed by atoms with E-state index in [1.54, 1.807) is 29.2 Å². The first-order chi connectivity index (χ1) is 14.5. The predicted octanol–water partition coefficient (Wildman–Crippen LogP) is 3.25. The molecule has 0 radical (unpaired) electrons. The van der Waals surface area contributed by atoms with E-state index in [9.17, 15) is 18.8 Å². The molecular formula is C23H22FN3O3. The van der Waals surface area contributed by atoms with Gasteiger partial charge >= 0.3 is 0 Å². The first-order valence-electron chi connectivity index (χ1n) is 9.96. The highest BCUT2D eigenvalue weighted by atomic mass is 19.1. The number of aromatic nitrogens is 1. The SMILES string of the molecule is CCC1CN(C(=O)c2ccccc2)CCN1C(=O)C(=O)c1c[nH]c2cccc(F)c12. The van der Waals surface area contributed by atoms with Crippen molar-refractivity contribution in [3.63, 3.8) is 0 Å². The van der Waals surface area contributed by atoms with Gasteiger partial charge in [-0.2, -0.15) is 0 Å². The summed E-state index contributed by atoms with van der Waals surface area (Å²) < 4.78 is 14.2. The molecule has 1 aliphatic heterocycles. The van der Waals surface area contributed by atoms with Crippen LogP contribution in [-0.4, -0.2) is 58.1 Å². The van der Waals surface area contributed by atoms with Crippen LogP contribution in [0.25, 0.3) is 10.9 Å². The summed E-state index contributed by atoms with van der Waals surface area (Å²) in [5, 5.41) is 0.127. The number of halogens is 1. The topological polar surface area (TPSA) is 73.5 Å². The third-order valence-electron chi connectivity index (χ3n) is 5.62. The molecular weight excluding hydrogens is 385 g/mol. The van der Waals surface area contributed by atoms with Gasteiger partial charge in [0, 0.05) is 48.3 Å². The van der Waals surface area contributed by atoms with Gasteiger partial charge in [0.2, 0.25) is 0 Å². The number of aromatic amines is 1. The van der Waals surface area contributed by atoms with Crippen LogP contribution in [0.4, 0.5) is 4.39 Å². The van der Waals surface area contributed by atoms with Gasteiger partial charge in [-0.15, -0.1) is 0 Å². The smallest absolute Gasteiger partial charge is 0.295 e. The lowest BCUT2D eigenvalue weighted by atomic mass is 10.0. The molecule has 4 rings (SSSR count). The lowest BCUT2D eigenvalue weighted by Crippen LogP contribution is -2.57. The molecule has 1 N–H and O–H groups in total. The molecule has 0 spiro atoms. The minimum Gasteiger partial charge on any atom is -0.360 e. The molecule has 1 aliphatic rings. The molecule has 6 nitrogen and oxygen atoms in total. The van der Waals surface area contributed by atoms with Crippen molar-refractivity contribution in [2.24, 2.45) is 0 Å². The van der Waals surface area contributed by atoms with Crippen molar-refractivity contribution in [1.82, 2.24) is 14.8 Å². The molecule has 30 heavy (non-hydrogen) atoms. The minimum absolute atomic E-state index is 0.0331. The zero-order valence-electron chi connectivity index (χ0n) is 16.6. The number of rotatable bonds is 4. The normalized spacial score (nSPS) is 16.7. The second kappa shape index (κ2) is 8.10. The third kappa shape index (κ3) is 3.47. The fourth-order valence-electron chi connectivity index (χ4n) is 3.98. The number of hydrogen-bond acceptors (Lipinski definition) is 3. The lowest BCUT2D eigenvalue weighted by Gasteiger charge is -2.40. The molecule has 1 atom stereocenters. The molecule has 0 aliphatic carbocycles. The van der Waals surface area contributed by atoms with E-state index in [2.05, 4.69) is 4.98 Å². The third-order valence-corrected chi connectivity index (χ3v) is 5.62. The molecule has 2 amide bonds. The molecule has 154 valence electrons. The van der Waals surface area contributed by atoms with Gasteiger partial charge in [-0.05, 0) is 30.7 Å². The van der Waals surface area contributed by atoms with E-state index in [1.165, 1.54) is 17.2 Å². The zero-order valence-corrected chi connectivity index (χ0v) is 16.6. The van der Waals surface area contributed by atoms with Crippen LogP contribution in [0.1, 0.15) is 34.1 Å². The molecule has 3 aromatic rings. The Morgan fingerprint density at radius 2 is 1.83 bits per heavy atom. The molecule has 1 aromatic heterocycles. The lowest BCUT2D eigenvalue weighted by molar-refractivity contribution is -0.130. The summed E-state index contributed by atoms with van der Waals surface area (Å²) in [6.45, 7) is 2.86. The standard InChI is InChI=1S/C23H22FN3O3/c1-2-16-14-26(22(29)15-7-4-3-5-8-15)11-12-27(16)23(30)21(28)17-13-25-19-10-6-9-18(24)20(17)19/h3-10,13,16,25H,2,11-12,14H2,1H3. The van der Waals surface area contributed by atoms with E-state index in [4.69, 9.17) is 0 Å². The monoisotopic (exact) mass is 407 g/mol. The summed E-state index contributed by atoms with van der Waals surface area (Å²) in [7, 11) is 0. The van der Waals surface area contributed by atoms with Gasteiger partial charge in [-0.25, -0.2) is 4.39 Å². The average molecular weight is 407 g/mol. The Labute approximate surface area is 173 Å². The van der Waals surface area contributed by atoms with E-state index < -0.39 is 17.5 Å². The maximum Gasteiger partial charge on any atom is 0.295 e. The van der Waals surface area contributed by atoms with Gasteiger partial charge < -0.3 is 14.8 Å². The first-order valence-corrected chi connectivity index (χ1v) is 9.96. The number of piperazine rings is 1. The number of nitrogens with one attached hydrogen (secondary N) is 1. The number of carbonyl (C=O) groups excluding carboxylic acids is 3. The van der Waals surface area contributed by atoms with E-state index in [0.29, 0.717) is 30.6 Å². The van der Waals surface area contributed by atoms with Crippen LogP contribution in [0, 0.1) is 5.82 Å². The van der Waals surface area contributed by atoms with Gasteiger partial charge in [0.05, 0.1) is 5.56 Å². The van der Waals surface area contributed by atoms with E-state index in [1.807, 2.05) is 25.1 Å². The summed E-state index contributed by atoms with van der Waals surface area (Å²) in [4.78, 5) is 44.7. The molecule has 2 aromatic carbocycles. The van der Waals surface area contributed by atoms with Crippen LogP contribution < -0.4 is 0 Å². The van der Waals surface area contributed by atoms with Crippen LogP contribution in [0.2, 0.25) is 0 Å². The van der Waals surface area contributed by atoms with Crippen LogP contribution >= 0.6 is 0 Å². The highest BCUT2D eigenvalue weighted by Gasteiger charge is 2.35. The average Bonchev–Trinajstić information content (AvgIpc) is 3.23. The number of benzene rings is 2. The fourth-order valence-corrected chi connectivity index (χ4v) is 3.98. The van der Waals surface area contributed by atoms with Crippen molar-refractivity contribution in [1.29, 1.82) is 0 Å². The number of ketones is 1. The molecule has 1 fully saturated rings. The number of amides is 2. The molecule has 2 heterocycles. The van der Waals surface area contributed by atoms with E-state index in [0.717, 1.165) is 0 Å². The van der Waals surface area contributed by atoms with Crippen molar-refractivity contribution in [3.8, 4) is 0 Å². The second-order valence-electron chi connectivity index (χ2n) is 7.37. The zero-order chi connectivity index (χ0) is 21.3. The molecule has 1 unspecified atom stereocenters. The Kier molecular flexibility index (Phi) is 5.35. The summed E-state index contributed by atoms with van der Waals surface area (Å²) in [5.41, 5.74) is 1.10. The van der Waals surface area contributed by atoms with Gasteiger partial charge in [0.1, 0.15) is 5.82 Å². The van der Waals surface area contributed by atoms with Crippen LogP contribution in [0.3, 0.4) is 0 Å². The first kappa shape index (κ1) is 19.8. The number of hydrogen-bond donors (Lipinski definition) is 1. The Morgan fingerprint density at radius 1 is 1.07 bits per heavy atom. The van der Waals surface area contributed by atoms with Crippen molar-refractivity contribution in [3.05, 3.63) is 71.7 Å². The van der Waals surface area contributed by atoms with Gasteiger partial charge in [0.15, 0.2) is 0 Å². The van der Waals surface area contributed by atoms with Crippen molar-refractivity contribution >= 4 is 28.5 Å². The second-order valence-corrected chi connectivity index (χ2v) is 7.37. The Balaban J connectivity index is 1.53. The quantitative estimate of drug-likeness (QED) is 0.533. The van der Waals surface area contributed by atoms with Crippen LogP contribution in [-0.2, 0) is 4.79 Å². The number of fused-ring (bicyclic) bond motifs is 1. The summed E-state index contributed by atoms with van der Waals surface area (Å²) >= 11 is 0. The molecule has 1 saturated heterocycles. The largest absolute Gasteiger partial charge is 0.360 e. The maximum atomic E-state index is 14.2. The van der Waals surface area contributed by atoms with Crippen molar-refractivity contribution in [2.45, 2.75) is 19.4 Å². The minimum atomic E-state index is -0.743. The van der Waals surface area contributed by atoms with Crippen LogP contribution in [0.5, 0.6) is 0 Å². The Hall–Kier alpha value is -3.48. The van der Waals surface area contributed by atoms with Gasteiger partial charge in [-0.3, -0.25) is 14.4 Å². The molecule has 7 heteroatoms. The van der Waals surface area contributed by atoms with Crippen LogP contribution in [0.15, 0.2) is 54.7 Å². The predicted molar refractivity (Wildman–Crippen MR) is 111 cm³/mol. The Bertz CT molecular complexity index is 1110. The van der Waals surface area contributed by atoms with Crippen molar-refractivity contribution in [2.75, 3.05) is 19.6 Å².